The number of methoxy groups -OCH3 is 1. The van der Waals surface area contributed by atoms with Gasteiger partial charge in [0.15, 0.2) is 11.5 Å². The van der Waals surface area contributed by atoms with Crippen LogP contribution in [-0.4, -0.2) is 32.7 Å². The first kappa shape index (κ1) is 18.6. The minimum absolute atomic E-state index is 0.0160. The Kier molecular flexibility index (Phi) is 6.91. The van der Waals surface area contributed by atoms with E-state index in [1.165, 1.54) is 12.8 Å². The van der Waals surface area contributed by atoms with Gasteiger partial charge in [-0.1, -0.05) is 19.9 Å². The molecule has 1 aliphatic rings. The number of hydrogen-bond acceptors (Lipinski definition) is 4. The fraction of sp³-hybridized carbons (Fsp3) is 0.632. The first-order valence-corrected chi connectivity index (χ1v) is 8.80. The lowest BCUT2D eigenvalue weighted by Gasteiger charge is -2.18. The molecule has 2 N–H and O–H groups in total. The van der Waals surface area contributed by atoms with Crippen molar-refractivity contribution < 1.29 is 14.3 Å². The van der Waals surface area contributed by atoms with Crippen molar-refractivity contribution in [2.45, 2.75) is 39.7 Å². The smallest absolute Gasteiger partial charge is 0.234 e. The van der Waals surface area contributed by atoms with E-state index in [1.807, 2.05) is 25.1 Å². The van der Waals surface area contributed by atoms with Gasteiger partial charge in [-0.25, -0.2) is 0 Å². The second kappa shape index (κ2) is 8.92. The van der Waals surface area contributed by atoms with E-state index in [-0.39, 0.29) is 11.9 Å². The number of carbonyl (C=O) groups excluding carboxylic acids is 1. The van der Waals surface area contributed by atoms with Crippen molar-refractivity contribution in [3.63, 3.8) is 0 Å². The molecule has 2 rings (SSSR count). The maximum atomic E-state index is 12.0. The summed E-state index contributed by atoms with van der Waals surface area (Å²) in [7, 11) is 1.63. The van der Waals surface area contributed by atoms with Gasteiger partial charge in [-0.15, -0.1) is 0 Å². The van der Waals surface area contributed by atoms with E-state index >= 15 is 0 Å². The third-order valence-corrected chi connectivity index (χ3v) is 4.05. The van der Waals surface area contributed by atoms with Crippen molar-refractivity contribution in [1.29, 1.82) is 0 Å². The molecule has 1 aromatic carbocycles. The summed E-state index contributed by atoms with van der Waals surface area (Å²) in [6.45, 7) is 8.15. The Morgan fingerprint density at radius 2 is 2.00 bits per heavy atom. The molecular formula is C19H30N2O3. The van der Waals surface area contributed by atoms with Crippen LogP contribution in [0.5, 0.6) is 11.5 Å². The quantitative estimate of drug-likeness (QED) is 0.691. The van der Waals surface area contributed by atoms with E-state index in [0.29, 0.717) is 24.8 Å². The zero-order chi connectivity index (χ0) is 17.5. The standard InChI is InChI=1S/C19H30N2O3/c1-13(2)12-24-17-8-7-16(9-18(17)23-4)14(3)21-19(22)11-20-10-15-5-6-15/h7-9,13-15,20H,5-6,10-12H2,1-4H3,(H,21,22). The summed E-state index contributed by atoms with van der Waals surface area (Å²) < 4.78 is 11.2. The van der Waals surface area contributed by atoms with Gasteiger partial charge in [0.2, 0.25) is 5.91 Å². The predicted molar refractivity (Wildman–Crippen MR) is 95.5 cm³/mol. The Balaban J connectivity index is 1.87. The predicted octanol–water partition coefficient (Wildman–Crippen LogP) is 2.91. The molecule has 1 unspecified atom stereocenters. The van der Waals surface area contributed by atoms with Gasteiger partial charge in [0.1, 0.15) is 0 Å². The van der Waals surface area contributed by atoms with E-state index in [9.17, 15) is 4.79 Å². The molecule has 0 aliphatic heterocycles. The van der Waals surface area contributed by atoms with Gasteiger partial charge >= 0.3 is 0 Å². The summed E-state index contributed by atoms with van der Waals surface area (Å²) in [4.78, 5) is 12.0. The second-order valence-electron chi connectivity index (χ2n) is 6.98. The molecule has 0 spiro atoms. The van der Waals surface area contributed by atoms with Gasteiger partial charge in [-0.2, -0.15) is 0 Å². The highest BCUT2D eigenvalue weighted by atomic mass is 16.5. The Hall–Kier alpha value is -1.75. The zero-order valence-electron chi connectivity index (χ0n) is 15.2. The third-order valence-electron chi connectivity index (χ3n) is 4.05. The second-order valence-corrected chi connectivity index (χ2v) is 6.98. The lowest BCUT2D eigenvalue weighted by Crippen LogP contribution is -2.36. The Morgan fingerprint density at radius 3 is 2.62 bits per heavy atom. The minimum atomic E-state index is -0.0757. The summed E-state index contributed by atoms with van der Waals surface area (Å²) in [6.07, 6.45) is 2.58. The average Bonchev–Trinajstić information content (AvgIpc) is 3.36. The Morgan fingerprint density at radius 1 is 1.25 bits per heavy atom. The van der Waals surface area contributed by atoms with Crippen molar-refractivity contribution in [3.8, 4) is 11.5 Å². The average molecular weight is 334 g/mol. The fourth-order valence-corrected chi connectivity index (χ4v) is 2.42. The van der Waals surface area contributed by atoms with Crippen LogP contribution < -0.4 is 20.1 Å². The van der Waals surface area contributed by atoms with Crippen LogP contribution in [0.4, 0.5) is 0 Å². The lowest BCUT2D eigenvalue weighted by molar-refractivity contribution is -0.120. The molecule has 134 valence electrons. The van der Waals surface area contributed by atoms with Crippen LogP contribution in [0.15, 0.2) is 18.2 Å². The number of rotatable bonds is 10. The van der Waals surface area contributed by atoms with Gasteiger partial charge in [0, 0.05) is 0 Å². The molecule has 1 fully saturated rings. The number of ether oxygens (including phenoxy) is 2. The van der Waals surface area contributed by atoms with E-state index in [4.69, 9.17) is 9.47 Å². The number of amides is 1. The molecule has 0 bridgehead atoms. The van der Waals surface area contributed by atoms with Crippen LogP contribution in [0.25, 0.3) is 0 Å². The van der Waals surface area contributed by atoms with Gasteiger partial charge in [0.05, 0.1) is 26.3 Å². The molecule has 1 atom stereocenters. The van der Waals surface area contributed by atoms with Crippen LogP contribution in [-0.2, 0) is 4.79 Å². The topological polar surface area (TPSA) is 59.6 Å². The molecule has 1 aromatic rings. The summed E-state index contributed by atoms with van der Waals surface area (Å²) in [5, 5.41) is 6.22. The largest absolute Gasteiger partial charge is 0.493 e. The van der Waals surface area contributed by atoms with Crippen molar-refractivity contribution in [2.75, 3.05) is 26.8 Å². The lowest BCUT2D eigenvalue weighted by atomic mass is 10.1. The number of nitrogens with one attached hydrogen (secondary N) is 2. The first-order chi connectivity index (χ1) is 11.5. The first-order valence-electron chi connectivity index (χ1n) is 8.80. The van der Waals surface area contributed by atoms with E-state index in [0.717, 1.165) is 23.8 Å². The third kappa shape index (κ3) is 6.04. The molecule has 5 heteroatoms. The number of hydrogen-bond donors (Lipinski definition) is 2. The molecular weight excluding hydrogens is 304 g/mol. The highest BCUT2D eigenvalue weighted by Crippen LogP contribution is 2.30. The minimum Gasteiger partial charge on any atom is -0.493 e. The van der Waals surface area contributed by atoms with Crippen LogP contribution in [0.2, 0.25) is 0 Å². The number of carbonyl (C=O) groups is 1. The number of benzene rings is 1. The van der Waals surface area contributed by atoms with Crippen molar-refractivity contribution in [3.05, 3.63) is 23.8 Å². The van der Waals surface area contributed by atoms with Crippen LogP contribution in [0, 0.1) is 11.8 Å². The fourth-order valence-electron chi connectivity index (χ4n) is 2.42. The van der Waals surface area contributed by atoms with E-state index in [2.05, 4.69) is 24.5 Å². The maximum Gasteiger partial charge on any atom is 0.234 e. The maximum absolute atomic E-state index is 12.0. The highest BCUT2D eigenvalue weighted by molar-refractivity contribution is 5.78. The van der Waals surface area contributed by atoms with Crippen molar-refractivity contribution in [1.82, 2.24) is 10.6 Å². The molecule has 0 heterocycles. The van der Waals surface area contributed by atoms with Crippen LogP contribution in [0.3, 0.4) is 0 Å². The molecule has 1 amide bonds. The molecule has 0 radical (unpaired) electrons. The molecule has 1 saturated carbocycles. The van der Waals surface area contributed by atoms with Crippen molar-refractivity contribution >= 4 is 5.91 Å². The molecule has 1 aliphatic carbocycles. The zero-order valence-corrected chi connectivity index (χ0v) is 15.2. The summed E-state index contributed by atoms with van der Waals surface area (Å²) in [5.41, 5.74) is 0.999. The Bertz CT molecular complexity index is 541. The van der Waals surface area contributed by atoms with Gasteiger partial charge in [-0.05, 0) is 55.8 Å². The molecule has 5 nitrogen and oxygen atoms in total. The van der Waals surface area contributed by atoms with E-state index < -0.39 is 0 Å². The highest BCUT2D eigenvalue weighted by Gasteiger charge is 2.21. The van der Waals surface area contributed by atoms with Crippen LogP contribution in [0.1, 0.15) is 45.2 Å². The van der Waals surface area contributed by atoms with Gasteiger partial charge in [0.25, 0.3) is 0 Å². The SMILES string of the molecule is COc1cc(C(C)NC(=O)CNCC2CC2)ccc1OCC(C)C. The van der Waals surface area contributed by atoms with Gasteiger partial charge in [-0.3, -0.25) is 4.79 Å². The van der Waals surface area contributed by atoms with Crippen LogP contribution >= 0.6 is 0 Å². The monoisotopic (exact) mass is 334 g/mol. The summed E-state index contributed by atoms with van der Waals surface area (Å²) in [5.74, 6) is 2.68. The summed E-state index contributed by atoms with van der Waals surface area (Å²) >= 11 is 0. The normalized spacial score (nSPS) is 15.2. The molecule has 0 saturated heterocycles. The summed E-state index contributed by atoms with van der Waals surface area (Å²) in [6, 6.07) is 5.73. The van der Waals surface area contributed by atoms with Crippen molar-refractivity contribution in [2.24, 2.45) is 11.8 Å². The molecule has 0 aromatic heterocycles. The Labute approximate surface area is 145 Å². The van der Waals surface area contributed by atoms with E-state index in [1.54, 1.807) is 7.11 Å². The molecule has 24 heavy (non-hydrogen) atoms. The van der Waals surface area contributed by atoms with Gasteiger partial charge < -0.3 is 20.1 Å².